The number of unbranched alkanes of at least 4 members (excludes halogenated alkanes) is 2. The standard InChI is InChI=1S/C18H22F3NO/c1-2-3-4-5-6-10-22-13-16(23)12-17(22)14-8-7-9-15(11-14)18(19,20)21/h7-9,11,16-17,23H,4-6,10,12-13H2,1H3/t16-,17+/m1/s1. The SMILES string of the molecule is CC#CCCCCN1C[C@H](O)C[C@H]1c1cccc(C(F)(F)F)c1. The minimum Gasteiger partial charge on any atom is -0.392 e. The number of rotatable bonds is 5. The summed E-state index contributed by atoms with van der Waals surface area (Å²) in [6.45, 7) is 3.09. The van der Waals surface area contributed by atoms with Crippen molar-refractivity contribution in [3.8, 4) is 11.8 Å². The monoisotopic (exact) mass is 325 g/mol. The van der Waals surface area contributed by atoms with E-state index in [1.165, 1.54) is 12.1 Å². The van der Waals surface area contributed by atoms with Crippen LogP contribution >= 0.6 is 0 Å². The summed E-state index contributed by atoms with van der Waals surface area (Å²) in [6, 6.07) is 5.30. The van der Waals surface area contributed by atoms with Gasteiger partial charge in [-0.05, 0) is 50.4 Å². The molecule has 2 atom stereocenters. The van der Waals surface area contributed by atoms with E-state index in [0.29, 0.717) is 18.5 Å². The third kappa shape index (κ3) is 4.98. The molecule has 0 saturated carbocycles. The van der Waals surface area contributed by atoms with E-state index in [1.807, 2.05) is 0 Å². The van der Waals surface area contributed by atoms with Crippen LogP contribution in [0.25, 0.3) is 0 Å². The zero-order valence-electron chi connectivity index (χ0n) is 13.2. The summed E-state index contributed by atoms with van der Waals surface area (Å²) >= 11 is 0. The molecule has 0 radical (unpaired) electrons. The van der Waals surface area contributed by atoms with Crippen LogP contribution in [0.15, 0.2) is 24.3 Å². The van der Waals surface area contributed by atoms with Gasteiger partial charge in [0.05, 0.1) is 11.7 Å². The first-order valence-electron chi connectivity index (χ1n) is 7.90. The third-order valence-corrected chi connectivity index (χ3v) is 4.15. The summed E-state index contributed by atoms with van der Waals surface area (Å²) in [4.78, 5) is 2.08. The molecule has 0 aliphatic carbocycles. The van der Waals surface area contributed by atoms with Crippen molar-refractivity contribution in [3.63, 3.8) is 0 Å². The summed E-state index contributed by atoms with van der Waals surface area (Å²) in [5.41, 5.74) is -0.000662. The maximum Gasteiger partial charge on any atom is 0.416 e. The average molecular weight is 325 g/mol. The number of halogens is 3. The van der Waals surface area contributed by atoms with Crippen LogP contribution < -0.4 is 0 Å². The van der Waals surface area contributed by atoms with E-state index in [9.17, 15) is 18.3 Å². The number of β-amino-alcohol motifs (C(OH)–C–C–N with tert-alkyl or cyclic N) is 1. The third-order valence-electron chi connectivity index (χ3n) is 4.15. The van der Waals surface area contributed by atoms with Crippen LogP contribution in [-0.2, 0) is 6.18 Å². The van der Waals surface area contributed by atoms with Crippen molar-refractivity contribution in [3.05, 3.63) is 35.4 Å². The van der Waals surface area contributed by atoms with E-state index in [-0.39, 0.29) is 6.04 Å². The molecule has 1 saturated heterocycles. The molecular formula is C18H22F3NO. The molecule has 23 heavy (non-hydrogen) atoms. The van der Waals surface area contributed by atoms with Gasteiger partial charge in [0.25, 0.3) is 0 Å². The minimum atomic E-state index is -4.34. The maximum absolute atomic E-state index is 12.9. The van der Waals surface area contributed by atoms with Crippen LogP contribution in [0.1, 0.15) is 49.8 Å². The van der Waals surface area contributed by atoms with Gasteiger partial charge < -0.3 is 5.11 Å². The number of hydrogen-bond acceptors (Lipinski definition) is 2. The maximum atomic E-state index is 12.9. The van der Waals surface area contributed by atoms with Crippen molar-refractivity contribution in [2.75, 3.05) is 13.1 Å². The Labute approximate surface area is 135 Å². The van der Waals surface area contributed by atoms with Gasteiger partial charge in [0.2, 0.25) is 0 Å². The van der Waals surface area contributed by atoms with E-state index in [1.54, 1.807) is 13.0 Å². The lowest BCUT2D eigenvalue weighted by atomic mass is 10.0. The average Bonchev–Trinajstić information content (AvgIpc) is 2.87. The van der Waals surface area contributed by atoms with Gasteiger partial charge in [-0.15, -0.1) is 11.8 Å². The Balaban J connectivity index is 2.05. The molecule has 1 aromatic rings. The second kappa shape index (κ2) is 7.85. The number of aliphatic hydroxyl groups excluding tert-OH is 1. The van der Waals surface area contributed by atoms with Crippen LogP contribution in [0, 0.1) is 11.8 Å². The minimum absolute atomic E-state index is 0.149. The number of nitrogens with zero attached hydrogens (tertiary/aromatic N) is 1. The van der Waals surface area contributed by atoms with Crippen LogP contribution in [0.4, 0.5) is 13.2 Å². The summed E-state index contributed by atoms with van der Waals surface area (Å²) in [7, 11) is 0. The number of benzene rings is 1. The topological polar surface area (TPSA) is 23.5 Å². The number of aliphatic hydroxyl groups is 1. The van der Waals surface area contributed by atoms with Gasteiger partial charge in [-0.2, -0.15) is 13.2 Å². The molecule has 1 aromatic carbocycles. The lowest BCUT2D eigenvalue weighted by molar-refractivity contribution is -0.137. The smallest absolute Gasteiger partial charge is 0.392 e. The lowest BCUT2D eigenvalue weighted by Crippen LogP contribution is -2.26. The van der Waals surface area contributed by atoms with Crippen LogP contribution in [-0.4, -0.2) is 29.2 Å². The van der Waals surface area contributed by atoms with Crippen LogP contribution in [0.3, 0.4) is 0 Å². The Hall–Kier alpha value is -1.51. The number of alkyl halides is 3. The molecule has 0 unspecified atom stereocenters. The molecule has 1 heterocycles. The summed E-state index contributed by atoms with van der Waals surface area (Å²) in [6.07, 6.45) is -1.61. The van der Waals surface area contributed by atoms with Crippen molar-refractivity contribution in [2.45, 2.75) is 50.9 Å². The van der Waals surface area contributed by atoms with Crippen LogP contribution in [0.5, 0.6) is 0 Å². The van der Waals surface area contributed by atoms with Gasteiger partial charge in [-0.3, -0.25) is 4.90 Å². The highest BCUT2D eigenvalue weighted by molar-refractivity contribution is 5.29. The van der Waals surface area contributed by atoms with Crippen LogP contribution in [0.2, 0.25) is 0 Å². The zero-order chi connectivity index (χ0) is 16.9. The highest BCUT2D eigenvalue weighted by Crippen LogP contribution is 2.36. The fourth-order valence-corrected chi connectivity index (χ4v) is 3.05. The molecule has 1 aliphatic rings. The quantitative estimate of drug-likeness (QED) is 0.653. The lowest BCUT2D eigenvalue weighted by Gasteiger charge is -2.25. The molecule has 2 rings (SSSR count). The Bertz CT molecular complexity index is 574. The molecule has 0 spiro atoms. The van der Waals surface area contributed by atoms with Crippen molar-refractivity contribution in [1.82, 2.24) is 4.90 Å². The van der Waals surface area contributed by atoms with Gasteiger partial charge in [-0.1, -0.05) is 12.1 Å². The van der Waals surface area contributed by atoms with Crippen molar-refractivity contribution < 1.29 is 18.3 Å². The zero-order valence-corrected chi connectivity index (χ0v) is 13.2. The Morgan fingerprint density at radius 3 is 2.78 bits per heavy atom. The number of hydrogen-bond donors (Lipinski definition) is 1. The fraction of sp³-hybridized carbons (Fsp3) is 0.556. The Kier molecular flexibility index (Phi) is 6.09. The predicted molar refractivity (Wildman–Crippen MR) is 83.7 cm³/mol. The van der Waals surface area contributed by atoms with E-state index < -0.39 is 17.8 Å². The van der Waals surface area contributed by atoms with Gasteiger partial charge in [0.15, 0.2) is 0 Å². The van der Waals surface area contributed by atoms with Crippen molar-refractivity contribution in [1.29, 1.82) is 0 Å². The normalized spacial score (nSPS) is 22.0. The molecule has 5 heteroatoms. The van der Waals surface area contributed by atoms with Gasteiger partial charge in [0, 0.05) is 19.0 Å². The Morgan fingerprint density at radius 1 is 1.30 bits per heavy atom. The number of likely N-dealkylation sites (tertiary alicyclic amines) is 1. The van der Waals surface area contributed by atoms with Gasteiger partial charge >= 0.3 is 6.18 Å². The molecular weight excluding hydrogens is 303 g/mol. The predicted octanol–water partition coefficient (Wildman–Crippen LogP) is 4.01. The first-order valence-corrected chi connectivity index (χ1v) is 7.90. The van der Waals surface area contributed by atoms with Crippen molar-refractivity contribution in [2.24, 2.45) is 0 Å². The van der Waals surface area contributed by atoms with Crippen molar-refractivity contribution >= 4 is 0 Å². The highest BCUT2D eigenvalue weighted by atomic mass is 19.4. The first kappa shape index (κ1) is 17.8. The van der Waals surface area contributed by atoms with E-state index >= 15 is 0 Å². The van der Waals surface area contributed by atoms with Gasteiger partial charge in [0.1, 0.15) is 0 Å². The summed E-state index contributed by atoms with van der Waals surface area (Å²) in [5.74, 6) is 5.85. The summed E-state index contributed by atoms with van der Waals surface area (Å²) < 4.78 is 38.6. The van der Waals surface area contributed by atoms with E-state index in [2.05, 4.69) is 16.7 Å². The summed E-state index contributed by atoms with van der Waals surface area (Å²) in [5, 5.41) is 9.92. The largest absolute Gasteiger partial charge is 0.416 e. The highest BCUT2D eigenvalue weighted by Gasteiger charge is 2.34. The molecule has 1 aliphatic heterocycles. The van der Waals surface area contributed by atoms with E-state index in [0.717, 1.165) is 31.9 Å². The molecule has 0 bridgehead atoms. The molecule has 0 amide bonds. The second-order valence-electron chi connectivity index (χ2n) is 5.91. The molecule has 1 fully saturated rings. The molecule has 0 aromatic heterocycles. The van der Waals surface area contributed by atoms with Gasteiger partial charge in [-0.25, -0.2) is 0 Å². The Morgan fingerprint density at radius 2 is 2.09 bits per heavy atom. The first-order chi connectivity index (χ1) is 10.9. The molecule has 2 nitrogen and oxygen atoms in total. The fourth-order valence-electron chi connectivity index (χ4n) is 3.05. The van der Waals surface area contributed by atoms with E-state index in [4.69, 9.17) is 0 Å². The second-order valence-corrected chi connectivity index (χ2v) is 5.91. The molecule has 1 N–H and O–H groups in total. The molecule has 126 valence electrons.